The average Bonchev–Trinajstić information content (AvgIpc) is 2.87. The molecule has 0 aliphatic heterocycles. The molecule has 0 spiro atoms. The minimum atomic E-state index is -5.21. The molecular weight excluding hydrogens is 616 g/mol. The van der Waals surface area contributed by atoms with Gasteiger partial charge in [0.25, 0.3) is 5.69 Å². The molecule has 0 amide bonds. The van der Waals surface area contributed by atoms with Crippen LogP contribution in [0.5, 0.6) is 0 Å². The molecule has 212 valence electrons. The molecule has 40 heavy (non-hydrogen) atoms. The number of Topliss-reactive ketones (excluding diaryl/α,β-unsaturated/α-hetero) is 1. The highest BCUT2D eigenvalue weighted by atomic mass is 35.5. The van der Waals surface area contributed by atoms with Crippen molar-refractivity contribution in [2.45, 2.75) is 18.3 Å². The van der Waals surface area contributed by atoms with E-state index in [0.29, 0.717) is 12.1 Å². The van der Waals surface area contributed by atoms with Crippen molar-refractivity contribution in [3.8, 4) is 0 Å². The number of nitrogens with zero attached hydrogens (tertiary/aromatic N) is 1. The van der Waals surface area contributed by atoms with Gasteiger partial charge in [-0.2, -0.15) is 26.3 Å². The first-order chi connectivity index (χ1) is 18.5. The van der Waals surface area contributed by atoms with E-state index in [-0.39, 0.29) is 32.9 Å². The third-order valence-corrected chi connectivity index (χ3v) is 6.67. The number of nitrogens with one attached hydrogen (secondary N) is 1. The molecule has 0 saturated carbocycles. The summed E-state index contributed by atoms with van der Waals surface area (Å²) in [6, 6.07) is 8.17. The normalized spacial score (nSPS) is 13.2. The van der Waals surface area contributed by atoms with Crippen molar-refractivity contribution in [3.63, 3.8) is 0 Å². The quantitative estimate of drug-likeness (QED) is 0.0886. The van der Waals surface area contributed by atoms with Gasteiger partial charge >= 0.3 is 12.4 Å². The van der Waals surface area contributed by atoms with E-state index >= 15 is 4.39 Å². The minimum Gasteiger partial charge on any atom is -0.372 e. The zero-order valence-corrected chi connectivity index (χ0v) is 21.8. The van der Waals surface area contributed by atoms with Crippen molar-refractivity contribution in [2.75, 3.05) is 11.9 Å². The number of rotatable bonds is 8. The number of nitro groups is 1. The Bertz CT molecular complexity index is 1470. The average molecular weight is 630 g/mol. The van der Waals surface area contributed by atoms with Crippen molar-refractivity contribution in [1.29, 1.82) is 0 Å². The molecule has 0 aromatic heterocycles. The Labute approximate surface area is 236 Å². The predicted octanol–water partition coefficient (Wildman–Crippen LogP) is 9.53. The van der Waals surface area contributed by atoms with Crippen LogP contribution in [0.25, 0.3) is 5.83 Å². The Morgan fingerprint density at radius 2 is 1.57 bits per heavy atom. The number of anilines is 1. The molecule has 1 atom stereocenters. The molecule has 15 heteroatoms. The Morgan fingerprint density at radius 3 is 2.12 bits per heavy atom. The molecule has 5 nitrogen and oxygen atoms in total. The number of carbonyl (C=O) groups excluding carboxylic acids is 1. The van der Waals surface area contributed by atoms with Crippen LogP contribution < -0.4 is 5.32 Å². The van der Waals surface area contributed by atoms with Gasteiger partial charge in [0.2, 0.25) is 0 Å². The standard InChI is InChI=1S/C25H14Cl3F7N2O3/c26-17-8-13(9-18(27)23(17)28)15(24(30,31)32)10-19(29)12-5-6-14(16(7-12)25(33,34)35)22(38)11-36-20-3-1-2-4-21(20)37(39)40/h1-10,15,36H,11H2/b19-10-. The summed E-state index contributed by atoms with van der Waals surface area (Å²) in [6.07, 6.45) is -10.3. The first-order valence-electron chi connectivity index (χ1n) is 10.8. The number of allylic oxidation sites excluding steroid dienone is 1. The van der Waals surface area contributed by atoms with E-state index in [2.05, 4.69) is 5.32 Å². The van der Waals surface area contributed by atoms with Gasteiger partial charge in [-0.1, -0.05) is 59.1 Å². The van der Waals surface area contributed by atoms with Gasteiger partial charge in [0.15, 0.2) is 5.78 Å². The predicted molar refractivity (Wildman–Crippen MR) is 137 cm³/mol. The van der Waals surface area contributed by atoms with Gasteiger partial charge in [-0.15, -0.1) is 0 Å². The maximum Gasteiger partial charge on any atom is 0.417 e. The lowest BCUT2D eigenvalue weighted by Gasteiger charge is -2.19. The second-order valence-corrected chi connectivity index (χ2v) is 9.33. The van der Waals surface area contributed by atoms with E-state index in [1.54, 1.807) is 0 Å². The van der Waals surface area contributed by atoms with Gasteiger partial charge in [-0.05, 0) is 35.9 Å². The SMILES string of the molecule is O=C(CNc1ccccc1[N+](=O)[O-])c1ccc(/C(F)=C/C(c2cc(Cl)c(Cl)c(Cl)c2)C(F)(F)F)cc1C(F)(F)F. The van der Waals surface area contributed by atoms with Crippen LogP contribution in [-0.4, -0.2) is 23.4 Å². The number of carbonyl (C=O) groups is 1. The zero-order valence-electron chi connectivity index (χ0n) is 19.5. The number of hydrogen-bond donors (Lipinski definition) is 1. The van der Waals surface area contributed by atoms with E-state index in [9.17, 15) is 41.3 Å². The first-order valence-corrected chi connectivity index (χ1v) is 11.9. The number of para-hydroxylation sites is 2. The van der Waals surface area contributed by atoms with E-state index in [0.717, 1.165) is 18.2 Å². The molecular formula is C25H14Cl3F7N2O3. The van der Waals surface area contributed by atoms with Gasteiger partial charge < -0.3 is 5.32 Å². The summed E-state index contributed by atoms with van der Waals surface area (Å²) in [5.74, 6) is -5.51. The number of nitro benzene ring substituents is 1. The van der Waals surface area contributed by atoms with Crippen LogP contribution in [0.3, 0.4) is 0 Å². The summed E-state index contributed by atoms with van der Waals surface area (Å²) in [5.41, 5.74) is -4.64. The number of hydrogen-bond acceptors (Lipinski definition) is 4. The highest BCUT2D eigenvalue weighted by Gasteiger charge is 2.41. The third kappa shape index (κ3) is 7.23. The fourth-order valence-electron chi connectivity index (χ4n) is 3.60. The lowest BCUT2D eigenvalue weighted by atomic mass is 9.95. The highest BCUT2D eigenvalue weighted by Crippen LogP contribution is 2.43. The van der Waals surface area contributed by atoms with E-state index < -0.39 is 69.3 Å². The van der Waals surface area contributed by atoms with Crippen LogP contribution >= 0.6 is 34.8 Å². The fourth-order valence-corrected chi connectivity index (χ4v) is 4.21. The third-order valence-electron chi connectivity index (χ3n) is 5.47. The summed E-state index contributed by atoms with van der Waals surface area (Å²) in [6.45, 7) is -0.806. The molecule has 3 aromatic carbocycles. The van der Waals surface area contributed by atoms with Crippen LogP contribution in [0.2, 0.25) is 15.1 Å². The van der Waals surface area contributed by atoms with Crippen molar-refractivity contribution in [1.82, 2.24) is 0 Å². The monoisotopic (exact) mass is 628 g/mol. The molecule has 0 radical (unpaired) electrons. The van der Waals surface area contributed by atoms with Crippen molar-refractivity contribution < 1.29 is 40.5 Å². The zero-order chi connectivity index (χ0) is 30.0. The van der Waals surface area contributed by atoms with E-state index in [1.165, 1.54) is 18.2 Å². The molecule has 0 aliphatic carbocycles. The molecule has 0 saturated heterocycles. The van der Waals surface area contributed by atoms with Gasteiger partial charge in [-0.25, -0.2) is 4.39 Å². The largest absolute Gasteiger partial charge is 0.417 e. The van der Waals surface area contributed by atoms with Crippen molar-refractivity contribution >= 4 is 57.8 Å². The van der Waals surface area contributed by atoms with Crippen molar-refractivity contribution in [2.24, 2.45) is 0 Å². The van der Waals surface area contributed by atoms with E-state index in [4.69, 9.17) is 34.8 Å². The van der Waals surface area contributed by atoms with Crippen LogP contribution in [0.4, 0.5) is 42.1 Å². The summed E-state index contributed by atoms with van der Waals surface area (Å²) in [4.78, 5) is 22.9. The molecule has 3 aromatic rings. The van der Waals surface area contributed by atoms with Gasteiger partial charge in [0.1, 0.15) is 17.4 Å². The fraction of sp³-hybridized carbons (Fsp3) is 0.160. The Hall–Kier alpha value is -3.35. The lowest BCUT2D eigenvalue weighted by molar-refractivity contribution is -0.383. The van der Waals surface area contributed by atoms with Crippen LogP contribution in [0, 0.1) is 10.1 Å². The molecule has 1 unspecified atom stereocenters. The number of ketones is 1. The second kappa shape index (κ2) is 12.0. The summed E-state index contributed by atoms with van der Waals surface area (Å²) < 4.78 is 97.8. The molecule has 3 rings (SSSR count). The molecule has 0 fully saturated rings. The van der Waals surface area contributed by atoms with Gasteiger partial charge in [-0.3, -0.25) is 14.9 Å². The summed E-state index contributed by atoms with van der Waals surface area (Å²) >= 11 is 17.3. The minimum absolute atomic E-state index is 0.0446. The molecule has 0 bridgehead atoms. The summed E-state index contributed by atoms with van der Waals surface area (Å²) in [7, 11) is 0. The Balaban J connectivity index is 1.99. The lowest BCUT2D eigenvalue weighted by Crippen LogP contribution is -2.20. The Morgan fingerprint density at radius 1 is 0.975 bits per heavy atom. The second-order valence-electron chi connectivity index (χ2n) is 8.14. The van der Waals surface area contributed by atoms with Crippen LogP contribution in [0.15, 0.2) is 60.7 Å². The van der Waals surface area contributed by atoms with Gasteiger partial charge in [0, 0.05) is 17.2 Å². The highest BCUT2D eigenvalue weighted by molar-refractivity contribution is 6.48. The van der Waals surface area contributed by atoms with Gasteiger partial charge in [0.05, 0.1) is 32.1 Å². The topological polar surface area (TPSA) is 72.2 Å². The maximum absolute atomic E-state index is 15.0. The maximum atomic E-state index is 15.0. The molecule has 1 N–H and O–H groups in total. The first kappa shape index (κ1) is 31.2. The Kier molecular flexibility index (Phi) is 9.38. The van der Waals surface area contributed by atoms with Crippen LogP contribution in [-0.2, 0) is 6.18 Å². The van der Waals surface area contributed by atoms with Crippen molar-refractivity contribution in [3.05, 3.63) is 108 Å². The summed E-state index contributed by atoms with van der Waals surface area (Å²) in [5, 5.41) is 12.5. The smallest absolute Gasteiger partial charge is 0.372 e. The number of benzene rings is 3. The number of alkyl halides is 6. The molecule has 0 heterocycles. The van der Waals surface area contributed by atoms with Crippen LogP contribution in [0.1, 0.15) is 33.0 Å². The molecule has 0 aliphatic rings. The van der Waals surface area contributed by atoms with E-state index in [1.807, 2.05) is 0 Å². The number of halogens is 10.